The fraction of sp³-hybridized carbons (Fsp3) is 0.889. The van der Waals surface area contributed by atoms with Gasteiger partial charge in [-0.2, -0.15) is 0 Å². The number of hydrogen-bond donors (Lipinski definition) is 0. The minimum atomic E-state index is -0.219. The van der Waals surface area contributed by atoms with Crippen LogP contribution in [-0.2, 0) is 9.63 Å². The minimum absolute atomic E-state index is 0.219. The van der Waals surface area contributed by atoms with Gasteiger partial charge in [-0.3, -0.25) is 4.79 Å². The Morgan fingerprint density at radius 3 is 2.77 bits per heavy atom. The first-order valence-electron chi connectivity index (χ1n) is 4.77. The molecule has 0 spiro atoms. The standard InChI is InChI=1S/C9H18N2O2/c1-4-9-7-10(3)5-6-11(9)13-8(2)12/h9H,4-7H2,1-3H3. The fourth-order valence-electron chi connectivity index (χ4n) is 1.61. The zero-order valence-electron chi connectivity index (χ0n) is 8.62. The highest BCUT2D eigenvalue weighted by atomic mass is 16.7. The summed E-state index contributed by atoms with van der Waals surface area (Å²) in [7, 11) is 2.09. The van der Waals surface area contributed by atoms with Crippen LogP contribution < -0.4 is 0 Å². The van der Waals surface area contributed by atoms with Gasteiger partial charge in [0.2, 0.25) is 0 Å². The molecule has 1 saturated heterocycles. The van der Waals surface area contributed by atoms with E-state index in [1.165, 1.54) is 6.92 Å². The average Bonchev–Trinajstić information content (AvgIpc) is 2.07. The van der Waals surface area contributed by atoms with Crippen molar-refractivity contribution in [3.8, 4) is 0 Å². The molecule has 0 aromatic rings. The van der Waals surface area contributed by atoms with Crippen molar-refractivity contribution >= 4 is 5.97 Å². The average molecular weight is 186 g/mol. The molecule has 13 heavy (non-hydrogen) atoms. The summed E-state index contributed by atoms with van der Waals surface area (Å²) in [5, 5.41) is 1.81. The van der Waals surface area contributed by atoms with Gasteiger partial charge >= 0.3 is 5.97 Å². The van der Waals surface area contributed by atoms with Crippen LogP contribution in [-0.4, -0.2) is 48.7 Å². The zero-order chi connectivity index (χ0) is 9.84. The molecule has 1 fully saturated rings. The lowest BCUT2D eigenvalue weighted by atomic mass is 10.1. The molecule has 76 valence electrons. The van der Waals surface area contributed by atoms with Gasteiger partial charge in [0.1, 0.15) is 0 Å². The number of rotatable bonds is 2. The summed E-state index contributed by atoms with van der Waals surface area (Å²) in [5.74, 6) is -0.219. The van der Waals surface area contributed by atoms with Crippen molar-refractivity contribution in [2.45, 2.75) is 26.3 Å². The second-order valence-electron chi connectivity index (χ2n) is 3.55. The predicted octanol–water partition coefficient (Wildman–Crippen LogP) is 0.490. The molecule has 0 aliphatic carbocycles. The van der Waals surface area contributed by atoms with E-state index in [1.807, 2.05) is 5.06 Å². The van der Waals surface area contributed by atoms with E-state index in [-0.39, 0.29) is 5.97 Å². The van der Waals surface area contributed by atoms with E-state index in [4.69, 9.17) is 4.84 Å². The van der Waals surface area contributed by atoms with Crippen molar-refractivity contribution in [3.05, 3.63) is 0 Å². The van der Waals surface area contributed by atoms with Crippen LogP contribution in [0.4, 0.5) is 0 Å². The Bertz CT molecular complexity index is 184. The van der Waals surface area contributed by atoms with Crippen LogP contribution in [0.2, 0.25) is 0 Å². The van der Waals surface area contributed by atoms with E-state index < -0.39 is 0 Å². The Morgan fingerprint density at radius 1 is 1.54 bits per heavy atom. The highest BCUT2D eigenvalue weighted by Gasteiger charge is 2.25. The first-order chi connectivity index (χ1) is 6.13. The van der Waals surface area contributed by atoms with Crippen molar-refractivity contribution in [2.24, 2.45) is 0 Å². The molecule has 1 atom stereocenters. The summed E-state index contributed by atoms with van der Waals surface area (Å²) in [6, 6.07) is 0.350. The van der Waals surface area contributed by atoms with E-state index in [0.717, 1.165) is 26.1 Å². The lowest BCUT2D eigenvalue weighted by Crippen LogP contribution is -2.51. The van der Waals surface area contributed by atoms with Gasteiger partial charge in [0.05, 0.1) is 6.04 Å². The van der Waals surface area contributed by atoms with Crippen LogP contribution >= 0.6 is 0 Å². The van der Waals surface area contributed by atoms with Crippen LogP contribution in [0, 0.1) is 0 Å². The molecular formula is C9H18N2O2. The van der Waals surface area contributed by atoms with Gasteiger partial charge in [0, 0.05) is 26.6 Å². The molecule has 4 nitrogen and oxygen atoms in total. The van der Waals surface area contributed by atoms with Crippen molar-refractivity contribution in [2.75, 3.05) is 26.7 Å². The molecule has 1 aliphatic rings. The second kappa shape index (κ2) is 4.58. The Morgan fingerprint density at radius 2 is 2.23 bits per heavy atom. The van der Waals surface area contributed by atoms with E-state index in [1.54, 1.807) is 0 Å². The number of hydroxylamine groups is 2. The molecule has 1 unspecified atom stereocenters. The van der Waals surface area contributed by atoms with Gasteiger partial charge in [-0.05, 0) is 13.5 Å². The fourth-order valence-corrected chi connectivity index (χ4v) is 1.61. The van der Waals surface area contributed by atoms with Gasteiger partial charge in [-0.15, -0.1) is 5.06 Å². The van der Waals surface area contributed by atoms with Gasteiger partial charge < -0.3 is 9.74 Å². The molecular weight excluding hydrogens is 168 g/mol. The lowest BCUT2D eigenvalue weighted by molar-refractivity contribution is -0.209. The van der Waals surface area contributed by atoms with E-state index in [0.29, 0.717) is 6.04 Å². The number of nitrogens with zero attached hydrogens (tertiary/aromatic N) is 2. The van der Waals surface area contributed by atoms with Crippen molar-refractivity contribution in [3.63, 3.8) is 0 Å². The third kappa shape index (κ3) is 2.97. The number of carbonyl (C=O) groups excluding carboxylic acids is 1. The Balaban J connectivity index is 2.47. The molecule has 0 aromatic carbocycles. The number of hydrogen-bond acceptors (Lipinski definition) is 4. The van der Waals surface area contributed by atoms with E-state index >= 15 is 0 Å². The lowest BCUT2D eigenvalue weighted by Gasteiger charge is -2.37. The quantitative estimate of drug-likeness (QED) is 0.628. The number of piperazine rings is 1. The zero-order valence-corrected chi connectivity index (χ0v) is 8.62. The van der Waals surface area contributed by atoms with Gasteiger partial charge in [0.25, 0.3) is 0 Å². The molecule has 0 saturated carbocycles. The molecule has 1 rings (SSSR count). The maximum absolute atomic E-state index is 10.8. The molecule has 4 heteroatoms. The second-order valence-corrected chi connectivity index (χ2v) is 3.55. The third-order valence-corrected chi connectivity index (χ3v) is 2.35. The molecule has 0 radical (unpaired) electrons. The van der Waals surface area contributed by atoms with Crippen molar-refractivity contribution < 1.29 is 9.63 Å². The maximum Gasteiger partial charge on any atom is 0.322 e. The predicted molar refractivity (Wildman–Crippen MR) is 50.0 cm³/mol. The highest BCUT2D eigenvalue weighted by Crippen LogP contribution is 2.11. The van der Waals surface area contributed by atoms with Crippen LogP contribution in [0.1, 0.15) is 20.3 Å². The summed E-state index contributed by atoms with van der Waals surface area (Å²) in [5.41, 5.74) is 0. The van der Waals surface area contributed by atoms with Crippen LogP contribution in [0.25, 0.3) is 0 Å². The van der Waals surface area contributed by atoms with Gasteiger partial charge in [-0.25, -0.2) is 0 Å². The number of likely N-dealkylation sites (N-methyl/N-ethyl adjacent to an activating group) is 1. The minimum Gasteiger partial charge on any atom is -0.368 e. The molecule has 0 amide bonds. The van der Waals surface area contributed by atoms with Gasteiger partial charge in [-0.1, -0.05) is 6.92 Å². The van der Waals surface area contributed by atoms with Crippen LogP contribution in [0.15, 0.2) is 0 Å². The van der Waals surface area contributed by atoms with E-state index in [9.17, 15) is 4.79 Å². The maximum atomic E-state index is 10.8. The normalized spacial score (nSPS) is 25.9. The summed E-state index contributed by atoms with van der Waals surface area (Å²) in [6.07, 6.45) is 1.01. The molecule has 1 heterocycles. The first-order valence-corrected chi connectivity index (χ1v) is 4.77. The van der Waals surface area contributed by atoms with Crippen molar-refractivity contribution in [1.82, 2.24) is 9.96 Å². The summed E-state index contributed by atoms with van der Waals surface area (Å²) >= 11 is 0. The smallest absolute Gasteiger partial charge is 0.322 e. The Hall–Kier alpha value is -0.610. The molecule has 0 N–H and O–H groups in total. The summed E-state index contributed by atoms with van der Waals surface area (Å²) in [6.45, 7) is 6.31. The van der Waals surface area contributed by atoms with E-state index in [2.05, 4.69) is 18.9 Å². The van der Waals surface area contributed by atoms with Crippen molar-refractivity contribution in [1.29, 1.82) is 0 Å². The summed E-state index contributed by atoms with van der Waals surface area (Å²) in [4.78, 5) is 18.1. The molecule has 1 aliphatic heterocycles. The molecule has 0 aromatic heterocycles. The summed E-state index contributed by atoms with van der Waals surface area (Å²) < 4.78 is 0. The van der Waals surface area contributed by atoms with Crippen LogP contribution in [0.3, 0.4) is 0 Å². The topological polar surface area (TPSA) is 32.8 Å². The monoisotopic (exact) mass is 186 g/mol. The third-order valence-electron chi connectivity index (χ3n) is 2.35. The molecule has 0 bridgehead atoms. The Kier molecular flexibility index (Phi) is 3.69. The SMILES string of the molecule is CCC1CN(C)CCN1OC(C)=O. The number of carbonyl (C=O) groups is 1. The largest absolute Gasteiger partial charge is 0.368 e. The van der Waals surface area contributed by atoms with Gasteiger partial charge in [0.15, 0.2) is 0 Å². The Labute approximate surface area is 79.4 Å². The van der Waals surface area contributed by atoms with Crippen LogP contribution in [0.5, 0.6) is 0 Å². The highest BCUT2D eigenvalue weighted by molar-refractivity contribution is 5.65. The first kappa shape index (κ1) is 10.5.